The van der Waals surface area contributed by atoms with Gasteiger partial charge in [0.2, 0.25) is 0 Å². The first-order chi connectivity index (χ1) is 22.7. The van der Waals surface area contributed by atoms with Crippen molar-refractivity contribution in [3.8, 4) is 27.3 Å². The third-order valence-corrected chi connectivity index (χ3v) is 12.7. The average molecular weight is 687 g/mol. The fraction of sp³-hybridized carbons (Fsp3) is 0. The van der Waals surface area contributed by atoms with E-state index in [0.717, 1.165) is 0 Å². The van der Waals surface area contributed by atoms with Crippen molar-refractivity contribution >= 4 is 101 Å². The number of nitrogens with zero attached hydrogens (tertiary/aromatic N) is 1. The summed E-state index contributed by atoms with van der Waals surface area (Å²) in [7, 11) is 0. The Hall–Kier alpha value is -4.74. The number of hydrogen-bond acceptors (Lipinski definition) is 2. The molecule has 0 aliphatic rings. The molecule has 0 fully saturated rings. The maximum atomic E-state index is 4.02. The highest BCUT2D eigenvalue weighted by atomic mass is 79.9. The van der Waals surface area contributed by atoms with E-state index in [-0.39, 0.29) is 0 Å². The number of fused-ring (bicyclic) bond motifs is 8. The molecule has 1 nitrogen and oxygen atoms in total. The van der Waals surface area contributed by atoms with Crippen LogP contribution in [0.1, 0.15) is 0 Å². The highest BCUT2D eigenvalue weighted by molar-refractivity contribution is 9.10. The molecule has 10 aromatic rings. The molecule has 0 aliphatic carbocycles. The molecule has 0 saturated carbocycles. The van der Waals surface area contributed by atoms with Gasteiger partial charge < -0.3 is 4.57 Å². The van der Waals surface area contributed by atoms with Crippen LogP contribution in [0.4, 0.5) is 0 Å². The van der Waals surface area contributed by atoms with Crippen molar-refractivity contribution in [3.05, 3.63) is 150 Å². The highest BCUT2D eigenvalue weighted by Gasteiger charge is 2.17. The van der Waals surface area contributed by atoms with Gasteiger partial charge in [0.25, 0.3) is 0 Å². The molecule has 0 bridgehead atoms. The van der Waals surface area contributed by atoms with Crippen LogP contribution < -0.4 is 0 Å². The number of halogens is 1. The zero-order valence-corrected chi connectivity index (χ0v) is 27.7. The van der Waals surface area contributed by atoms with E-state index in [1.54, 1.807) is 0 Å². The first-order valence-corrected chi connectivity index (χ1v) is 17.8. The maximum absolute atomic E-state index is 4.02. The monoisotopic (exact) mass is 685 g/mol. The Morgan fingerprint density at radius 2 is 1.09 bits per heavy atom. The number of hydrogen-bond donors (Lipinski definition) is 0. The van der Waals surface area contributed by atoms with Crippen molar-refractivity contribution < 1.29 is 0 Å². The second kappa shape index (κ2) is 10.1. The quantitative estimate of drug-likeness (QED) is 0.174. The minimum Gasteiger partial charge on any atom is -0.309 e. The lowest BCUT2D eigenvalue weighted by Crippen LogP contribution is -1.93. The van der Waals surface area contributed by atoms with Gasteiger partial charge >= 0.3 is 0 Å². The molecule has 0 spiro atoms. The zero-order valence-electron chi connectivity index (χ0n) is 24.5. The summed E-state index contributed by atoms with van der Waals surface area (Å²) in [4.78, 5) is 1.28. The van der Waals surface area contributed by atoms with Crippen LogP contribution in [0.3, 0.4) is 0 Å². The molecule has 3 aromatic heterocycles. The number of para-hydroxylation sites is 1. The van der Waals surface area contributed by atoms with E-state index in [9.17, 15) is 0 Å². The second-order valence-corrected chi connectivity index (χ2v) is 14.8. The van der Waals surface area contributed by atoms with Crippen molar-refractivity contribution in [2.75, 3.05) is 0 Å². The number of rotatable bonds is 3. The van der Waals surface area contributed by atoms with Crippen LogP contribution in [0, 0.1) is 0 Å². The molecule has 0 N–H and O–H groups in total. The summed E-state index contributed by atoms with van der Waals surface area (Å²) in [5.41, 5.74) is 7.36. The number of aromatic nitrogens is 1. The molecule has 0 radical (unpaired) electrons. The van der Waals surface area contributed by atoms with Crippen LogP contribution in [-0.4, -0.2) is 4.57 Å². The van der Waals surface area contributed by atoms with Crippen molar-refractivity contribution in [3.63, 3.8) is 0 Å². The van der Waals surface area contributed by atoms with E-state index in [4.69, 9.17) is 0 Å². The molecule has 0 amide bonds. The summed E-state index contributed by atoms with van der Waals surface area (Å²) in [6.07, 6.45) is 0. The summed E-state index contributed by atoms with van der Waals surface area (Å²) < 4.78 is 7.54. The van der Waals surface area contributed by atoms with Crippen LogP contribution in [0.2, 0.25) is 0 Å². The molecule has 0 atom stereocenters. The standard InChI is InChI=1S/C42H24BrNS2/c43-41-35-23-27(17-20-40(35)46-42(41)32-13-7-9-25-8-1-2-10-29(25)32)26-16-19-37-33(22-26)30-11-3-5-14-36(30)44(37)28-18-21-39-34(24-28)31-12-4-6-15-38(31)45-39/h1-24H. The lowest BCUT2D eigenvalue weighted by Gasteiger charge is -2.09. The molecule has 0 unspecified atom stereocenters. The van der Waals surface area contributed by atoms with E-state index in [0.29, 0.717) is 0 Å². The smallest absolute Gasteiger partial charge is 0.0541 e. The van der Waals surface area contributed by atoms with Crippen LogP contribution in [0.5, 0.6) is 0 Å². The highest BCUT2D eigenvalue weighted by Crippen LogP contribution is 2.46. The van der Waals surface area contributed by atoms with Crippen LogP contribution in [0.15, 0.2) is 150 Å². The fourth-order valence-electron chi connectivity index (χ4n) is 7.13. The van der Waals surface area contributed by atoms with E-state index in [2.05, 4.69) is 166 Å². The van der Waals surface area contributed by atoms with Crippen molar-refractivity contribution in [1.29, 1.82) is 0 Å². The van der Waals surface area contributed by atoms with E-state index < -0.39 is 0 Å². The first-order valence-electron chi connectivity index (χ1n) is 15.4. The SMILES string of the molecule is Brc1c(-c2cccc3ccccc23)sc2ccc(-c3ccc4c(c3)c3ccccc3n4-c3ccc4sc5ccccc5c4c3)cc12. The molecular formula is C42H24BrNS2. The molecule has 216 valence electrons. The molecule has 7 aromatic carbocycles. The minimum atomic E-state index is 1.17. The second-order valence-electron chi connectivity index (χ2n) is 11.8. The van der Waals surface area contributed by atoms with E-state index in [1.165, 1.54) is 94.6 Å². The van der Waals surface area contributed by atoms with Gasteiger partial charge in [0.1, 0.15) is 0 Å². The Morgan fingerprint density at radius 1 is 0.435 bits per heavy atom. The van der Waals surface area contributed by atoms with Gasteiger partial charge in [-0.3, -0.25) is 0 Å². The molecule has 0 saturated heterocycles. The topological polar surface area (TPSA) is 4.93 Å². The van der Waals surface area contributed by atoms with Crippen LogP contribution >= 0.6 is 38.6 Å². The lowest BCUT2D eigenvalue weighted by atomic mass is 10.0. The van der Waals surface area contributed by atoms with Gasteiger partial charge in [-0.25, -0.2) is 0 Å². The van der Waals surface area contributed by atoms with E-state index in [1.807, 2.05) is 22.7 Å². The predicted molar refractivity (Wildman–Crippen MR) is 205 cm³/mol. The van der Waals surface area contributed by atoms with Crippen molar-refractivity contribution in [2.45, 2.75) is 0 Å². The lowest BCUT2D eigenvalue weighted by molar-refractivity contribution is 1.19. The average Bonchev–Trinajstić information content (AvgIpc) is 3.76. The van der Waals surface area contributed by atoms with Gasteiger partial charge in [0.15, 0.2) is 0 Å². The summed E-state index contributed by atoms with van der Waals surface area (Å²) >= 11 is 7.74. The molecule has 4 heteroatoms. The van der Waals surface area contributed by atoms with Gasteiger partial charge in [-0.1, -0.05) is 91.0 Å². The Labute approximate surface area is 281 Å². The number of thiophene rings is 2. The minimum absolute atomic E-state index is 1.17. The fourth-order valence-corrected chi connectivity index (χ4v) is 10.2. The van der Waals surface area contributed by atoms with Gasteiger partial charge in [0.05, 0.1) is 15.9 Å². The molecule has 10 rings (SSSR count). The maximum Gasteiger partial charge on any atom is 0.0541 e. The normalized spacial score (nSPS) is 12.0. The Morgan fingerprint density at radius 3 is 2.00 bits per heavy atom. The van der Waals surface area contributed by atoms with Gasteiger partial charge in [-0.15, -0.1) is 22.7 Å². The van der Waals surface area contributed by atoms with Crippen molar-refractivity contribution in [1.82, 2.24) is 4.57 Å². The molecule has 3 heterocycles. The van der Waals surface area contributed by atoms with Crippen LogP contribution in [-0.2, 0) is 0 Å². The van der Waals surface area contributed by atoms with Gasteiger partial charge in [0, 0.05) is 56.8 Å². The Kier molecular flexibility index (Phi) is 5.83. The third-order valence-electron chi connectivity index (χ3n) is 9.29. The zero-order chi connectivity index (χ0) is 30.4. The van der Waals surface area contributed by atoms with Crippen molar-refractivity contribution in [2.24, 2.45) is 0 Å². The Bertz CT molecular complexity index is 2830. The summed E-state index contributed by atoms with van der Waals surface area (Å²) in [6.45, 7) is 0. The summed E-state index contributed by atoms with van der Waals surface area (Å²) in [6, 6.07) is 53.5. The molecule has 46 heavy (non-hydrogen) atoms. The van der Waals surface area contributed by atoms with Crippen LogP contribution in [0.25, 0.3) is 90.1 Å². The van der Waals surface area contributed by atoms with Gasteiger partial charge in [-0.2, -0.15) is 0 Å². The third kappa shape index (κ3) is 3.91. The van der Waals surface area contributed by atoms with E-state index >= 15 is 0 Å². The largest absolute Gasteiger partial charge is 0.309 e. The molecule has 0 aliphatic heterocycles. The summed E-state index contributed by atoms with van der Waals surface area (Å²) in [5.74, 6) is 0. The first kappa shape index (κ1) is 26.5. The molecular weight excluding hydrogens is 663 g/mol. The van der Waals surface area contributed by atoms with Gasteiger partial charge in [-0.05, 0) is 92.4 Å². The summed E-state index contributed by atoms with van der Waals surface area (Å²) in [5, 5.41) is 8.98. The number of benzene rings is 7. The predicted octanol–water partition coefficient (Wildman–Crippen LogP) is 13.6. The Balaban J connectivity index is 1.13.